The Hall–Kier alpha value is -3.39. The van der Waals surface area contributed by atoms with Crippen LogP contribution >= 0.6 is 0 Å². The zero-order valence-electron chi connectivity index (χ0n) is 24.0. The molecule has 1 aliphatic heterocycles. The summed E-state index contributed by atoms with van der Waals surface area (Å²) in [6.07, 6.45) is 9.64. The van der Waals surface area contributed by atoms with Gasteiger partial charge in [-0.1, -0.05) is 90.3 Å². The maximum Gasteiger partial charge on any atom is 0.140 e. The van der Waals surface area contributed by atoms with Crippen molar-refractivity contribution in [2.24, 2.45) is 5.41 Å². The first kappa shape index (κ1) is 24.6. The van der Waals surface area contributed by atoms with Crippen LogP contribution in [0.1, 0.15) is 95.2 Å². The third kappa shape index (κ3) is 4.20. The molecule has 0 N–H and O–H groups in total. The predicted octanol–water partition coefficient (Wildman–Crippen LogP) is 11.1. The summed E-state index contributed by atoms with van der Waals surface area (Å²) in [7, 11) is 0. The highest BCUT2D eigenvalue weighted by molar-refractivity contribution is 6.16. The van der Waals surface area contributed by atoms with E-state index in [4.69, 9.17) is 9.72 Å². The van der Waals surface area contributed by atoms with Crippen LogP contribution in [-0.4, -0.2) is 4.98 Å². The summed E-state index contributed by atoms with van der Waals surface area (Å²) in [5.41, 5.74) is 6.45. The van der Waals surface area contributed by atoms with Gasteiger partial charge in [0.05, 0.1) is 11.1 Å². The molecule has 198 valence electrons. The lowest BCUT2D eigenvalue weighted by molar-refractivity contribution is 0.400. The van der Waals surface area contributed by atoms with Crippen molar-refractivity contribution >= 4 is 32.3 Å². The number of hydrogen-bond acceptors (Lipinski definition) is 2. The third-order valence-electron chi connectivity index (χ3n) is 8.99. The van der Waals surface area contributed by atoms with Crippen LogP contribution in [0.15, 0.2) is 60.8 Å². The zero-order valence-corrected chi connectivity index (χ0v) is 24.0. The van der Waals surface area contributed by atoms with Crippen LogP contribution in [0.2, 0.25) is 0 Å². The van der Waals surface area contributed by atoms with Crippen LogP contribution in [0.4, 0.5) is 0 Å². The van der Waals surface area contributed by atoms with E-state index in [-0.39, 0.29) is 5.41 Å². The molecule has 0 radical (unpaired) electrons. The van der Waals surface area contributed by atoms with Crippen LogP contribution in [0, 0.1) is 5.41 Å². The van der Waals surface area contributed by atoms with Crippen molar-refractivity contribution in [1.29, 1.82) is 0 Å². The molecule has 0 spiro atoms. The van der Waals surface area contributed by atoms with Crippen molar-refractivity contribution in [3.8, 4) is 22.8 Å². The van der Waals surface area contributed by atoms with Gasteiger partial charge in [0.25, 0.3) is 0 Å². The van der Waals surface area contributed by atoms with Crippen LogP contribution in [0.25, 0.3) is 43.6 Å². The van der Waals surface area contributed by atoms with Crippen molar-refractivity contribution in [2.75, 3.05) is 0 Å². The van der Waals surface area contributed by atoms with E-state index >= 15 is 0 Å². The lowest BCUT2D eigenvalue weighted by Gasteiger charge is -2.28. The molecule has 0 saturated heterocycles. The zero-order chi connectivity index (χ0) is 26.9. The molecule has 0 amide bonds. The first-order valence-electron chi connectivity index (χ1n) is 14.9. The molecule has 39 heavy (non-hydrogen) atoms. The molecule has 5 aromatic rings. The Morgan fingerprint density at radius 3 is 2.38 bits per heavy atom. The van der Waals surface area contributed by atoms with Gasteiger partial charge in [0.15, 0.2) is 0 Å². The molecule has 2 heteroatoms. The van der Waals surface area contributed by atoms with Gasteiger partial charge in [0, 0.05) is 17.3 Å². The van der Waals surface area contributed by atoms with E-state index in [0.29, 0.717) is 11.8 Å². The molecular weight excluding hydrogens is 474 g/mol. The minimum absolute atomic E-state index is 0.125. The molecule has 7 rings (SSSR count). The van der Waals surface area contributed by atoms with Gasteiger partial charge in [0.1, 0.15) is 11.5 Å². The number of hydrogen-bond donors (Lipinski definition) is 0. The largest absolute Gasteiger partial charge is 0.456 e. The molecule has 2 aliphatic rings. The Labute approximate surface area is 232 Å². The Morgan fingerprint density at radius 2 is 1.62 bits per heavy atom. The Kier molecular flexibility index (Phi) is 5.74. The SMILES string of the molecule is CC(C)c1ccc2c(CC(C)(C)C)c3c(cc2c1)-c1nccc2c1c(cc1cc(C4CCCCC4)ccc12)O3. The molecule has 2 heterocycles. The standard InChI is InChI=1S/C37H39NO/c1-22(2)24-11-13-29-26(17-24)19-31-35-34-30(15-16-38-35)28-14-12-25(23-9-7-6-8-10-23)18-27(28)20-33(34)39-36(31)32(29)21-37(3,4)5/h11-20,22-23H,6-10,21H2,1-5H3. The normalized spacial score (nSPS) is 15.7. The summed E-state index contributed by atoms with van der Waals surface area (Å²) in [6.45, 7) is 11.5. The van der Waals surface area contributed by atoms with E-state index in [1.807, 2.05) is 6.20 Å². The quantitative estimate of drug-likeness (QED) is 0.220. The summed E-state index contributed by atoms with van der Waals surface area (Å²) >= 11 is 0. The predicted molar refractivity (Wildman–Crippen MR) is 165 cm³/mol. The average molecular weight is 514 g/mol. The van der Waals surface area contributed by atoms with E-state index in [0.717, 1.165) is 34.6 Å². The first-order valence-corrected chi connectivity index (χ1v) is 14.9. The maximum absolute atomic E-state index is 6.97. The third-order valence-corrected chi connectivity index (χ3v) is 8.99. The van der Waals surface area contributed by atoms with Gasteiger partial charge in [0.2, 0.25) is 0 Å². The number of aromatic nitrogens is 1. The minimum Gasteiger partial charge on any atom is -0.456 e. The molecule has 2 nitrogen and oxygen atoms in total. The van der Waals surface area contributed by atoms with E-state index in [2.05, 4.69) is 89.2 Å². The van der Waals surface area contributed by atoms with Gasteiger partial charge in [-0.05, 0) is 92.8 Å². The van der Waals surface area contributed by atoms with E-state index < -0.39 is 0 Å². The Morgan fingerprint density at radius 1 is 0.846 bits per heavy atom. The monoisotopic (exact) mass is 513 g/mol. The highest BCUT2D eigenvalue weighted by Crippen LogP contribution is 2.52. The topological polar surface area (TPSA) is 22.1 Å². The van der Waals surface area contributed by atoms with Gasteiger partial charge in [-0.2, -0.15) is 0 Å². The molecule has 0 unspecified atom stereocenters. The second-order valence-corrected chi connectivity index (χ2v) is 13.5. The molecule has 4 aromatic carbocycles. The summed E-state index contributed by atoms with van der Waals surface area (Å²) in [5.74, 6) is 3.11. The van der Waals surface area contributed by atoms with Gasteiger partial charge >= 0.3 is 0 Å². The van der Waals surface area contributed by atoms with E-state index in [9.17, 15) is 0 Å². The summed E-state index contributed by atoms with van der Waals surface area (Å²) in [5, 5.41) is 7.53. The van der Waals surface area contributed by atoms with Gasteiger partial charge in [-0.15, -0.1) is 0 Å². The number of fused-ring (bicyclic) bond motifs is 5. The average Bonchev–Trinajstić information content (AvgIpc) is 2.92. The number of nitrogens with zero attached hydrogens (tertiary/aromatic N) is 1. The van der Waals surface area contributed by atoms with Crippen molar-refractivity contribution in [3.05, 3.63) is 77.5 Å². The maximum atomic E-state index is 6.97. The fourth-order valence-electron chi connectivity index (χ4n) is 7.02. The molecule has 0 bridgehead atoms. The van der Waals surface area contributed by atoms with Crippen LogP contribution in [0.3, 0.4) is 0 Å². The van der Waals surface area contributed by atoms with Crippen LogP contribution in [-0.2, 0) is 6.42 Å². The molecule has 1 fully saturated rings. The number of benzene rings is 4. The van der Waals surface area contributed by atoms with E-state index in [1.165, 1.54) is 75.7 Å². The van der Waals surface area contributed by atoms with Crippen molar-refractivity contribution in [3.63, 3.8) is 0 Å². The second kappa shape index (κ2) is 9.08. The van der Waals surface area contributed by atoms with Gasteiger partial charge in [-0.3, -0.25) is 4.98 Å². The summed E-state index contributed by atoms with van der Waals surface area (Å²) in [4.78, 5) is 5.00. The Bertz CT molecular complexity index is 1750. The van der Waals surface area contributed by atoms with Crippen LogP contribution in [0.5, 0.6) is 11.5 Å². The van der Waals surface area contributed by atoms with Gasteiger partial charge in [-0.25, -0.2) is 0 Å². The fraction of sp³-hybridized carbons (Fsp3) is 0.378. The van der Waals surface area contributed by atoms with Crippen molar-refractivity contribution < 1.29 is 4.74 Å². The molecule has 1 aliphatic carbocycles. The minimum atomic E-state index is 0.125. The highest BCUT2D eigenvalue weighted by atomic mass is 16.5. The van der Waals surface area contributed by atoms with Crippen molar-refractivity contribution in [2.45, 2.75) is 85.0 Å². The smallest absolute Gasteiger partial charge is 0.140 e. The molecular formula is C37H39NO. The number of ether oxygens (including phenoxy) is 1. The highest BCUT2D eigenvalue weighted by Gasteiger charge is 2.29. The number of pyridine rings is 1. The van der Waals surface area contributed by atoms with Crippen LogP contribution < -0.4 is 4.74 Å². The Balaban J connectivity index is 1.48. The summed E-state index contributed by atoms with van der Waals surface area (Å²) in [6, 6.07) is 20.9. The van der Waals surface area contributed by atoms with Crippen molar-refractivity contribution in [1.82, 2.24) is 4.98 Å². The molecule has 0 atom stereocenters. The van der Waals surface area contributed by atoms with E-state index in [1.54, 1.807) is 0 Å². The number of rotatable bonds is 3. The lowest BCUT2D eigenvalue weighted by Crippen LogP contribution is -2.12. The molecule has 1 aromatic heterocycles. The summed E-state index contributed by atoms with van der Waals surface area (Å²) < 4.78 is 6.97. The molecule has 1 saturated carbocycles. The lowest BCUT2D eigenvalue weighted by atomic mass is 9.82. The van der Waals surface area contributed by atoms with Gasteiger partial charge < -0.3 is 4.74 Å². The first-order chi connectivity index (χ1) is 18.8. The fourth-order valence-corrected chi connectivity index (χ4v) is 7.02. The second-order valence-electron chi connectivity index (χ2n) is 13.5.